The fraction of sp³-hybridized carbons (Fsp3) is 0.727. The Bertz CT molecular complexity index is 157. The molecule has 0 amide bonds. The van der Waals surface area contributed by atoms with Crippen molar-refractivity contribution in [2.24, 2.45) is 0 Å². The van der Waals surface area contributed by atoms with Crippen LogP contribution in [0.15, 0.2) is 12.7 Å². The normalized spacial score (nSPS) is 9.50. The van der Waals surface area contributed by atoms with E-state index in [4.69, 9.17) is 12.2 Å². The van der Waals surface area contributed by atoms with Crippen LogP contribution in [0.25, 0.3) is 0 Å². The van der Waals surface area contributed by atoms with Gasteiger partial charge in [-0.15, -0.1) is 6.58 Å². The maximum atomic E-state index is 5.05. The van der Waals surface area contributed by atoms with E-state index in [0.29, 0.717) is 0 Å². The van der Waals surface area contributed by atoms with Gasteiger partial charge in [-0.2, -0.15) is 0 Å². The first-order valence-corrected chi connectivity index (χ1v) is 5.84. The molecule has 0 saturated carbocycles. The molecule has 0 heterocycles. The van der Waals surface area contributed by atoms with Crippen molar-refractivity contribution in [2.45, 2.75) is 39.0 Å². The quantitative estimate of drug-likeness (QED) is 0.369. The zero-order chi connectivity index (χ0) is 10.6. The molecule has 0 unspecified atom stereocenters. The Balaban J connectivity index is 3.10. The van der Waals surface area contributed by atoms with E-state index in [-0.39, 0.29) is 0 Å². The summed E-state index contributed by atoms with van der Waals surface area (Å²) in [6.07, 6.45) is 8.28. The highest BCUT2D eigenvalue weighted by Crippen LogP contribution is 2.00. The Morgan fingerprint density at radius 2 is 1.93 bits per heavy atom. The highest BCUT2D eigenvalue weighted by molar-refractivity contribution is 7.80. The first kappa shape index (κ1) is 13.4. The Kier molecular flexibility index (Phi) is 10.1. The lowest BCUT2D eigenvalue weighted by molar-refractivity contribution is 0.623. The molecule has 0 saturated heterocycles. The summed E-state index contributed by atoms with van der Waals surface area (Å²) in [6.45, 7) is 7.56. The second kappa shape index (κ2) is 10.5. The van der Waals surface area contributed by atoms with Gasteiger partial charge < -0.3 is 10.6 Å². The van der Waals surface area contributed by atoms with Gasteiger partial charge in [-0.25, -0.2) is 0 Å². The Labute approximate surface area is 93.2 Å². The fourth-order valence-corrected chi connectivity index (χ4v) is 1.34. The predicted octanol–water partition coefficient (Wildman–Crippen LogP) is 2.61. The van der Waals surface area contributed by atoms with Crippen molar-refractivity contribution >= 4 is 17.3 Å². The van der Waals surface area contributed by atoms with Crippen LogP contribution >= 0.6 is 12.2 Å². The molecule has 3 heteroatoms. The van der Waals surface area contributed by atoms with Crippen LogP contribution in [0.1, 0.15) is 39.0 Å². The van der Waals surface area contributed by atoms with Crippen LogP contribution in [-0.4, -0.2) is 18.2 Å². The molecule has 82 valence electrons. The molecule has 0 radical (unpaired) electrons. The number of thiocarbonyl (C=S) groups is 1. The summed E-state index contributed by atoms with van der Waals surface area (Å²) in [4.78, 5) is 0. The van der Waals surface area contributed by atoms with Gasteiger partial charge in [0, 0.05) is 13.1 Å². The van der Waals surface area contributed by atoms with E-state index in [1.807, 2.05) is 0 Å². The lowest BCUT2D eigenvalue weighted by Crippen LogP contribution is -2.35. The molecule has 0 aliphatic carbocycles. The van der Waals surface area contributed by atoms with Crippen LogP contribution < -0.4 is 10.6 Å². The summed E-state index contributed by atoms with van der Waals surface area (Å²) >= 11 is 5.05. The maximum Gasteiger partial charge on any atom is 0.166 e. The van der Waals surface area contributed by atoms with Crippen LogP contribution in [-0.2, 0) is 0 Å². The molecule has 14 heavy (non-hydrogen) atoms. The van der Waals surface area contributed by atoms with Crippen LogP contribution in [0.4, 0.5) is 0 Å². The van der Waals surface area contributed by atoms with Crippen molar-refractivity contribution in [2.75, 3.05) is 13.1 Å². The molecule has 0 fully saturated rings. The van der Waals surface area contributed by atoms with Crippen molar-refractivity contribution in [1.29, 1.82) is 0 Å². The minimum absolute atomic E-state index is 0.736. The average molecular weight is 214 g/mol. The van der Waals surface area contributed by atoms with E-state index in [1.165, 1.54) is 32.1 Å². The lowest BCUT2D eigenvalue weighted by Gasteiger charge is -2.08. The topological polar surface area (TPSA) is 24.1 Å². The summed E-state index contributed by atoms with van der Waals surface area (Å²) in [5.41, 5.74) is 0. The average Bonchev–Trinajstić information content (AvgIpc) is 2.20. The zero-order valence-electron chi connectivity index (χ0n) is 9.14. The Morgan fingerprint density at radius 3 is 2.57 bits per heavy atom. The van der Waals surface area contributed by atoms with E-state index >= 15 is 0 Å². The number of unbranched alkanes of at least 4 members (excludes halogenated alkanes) is 4. The zero-order valence-corrected chi connectivity index (χ0v) is 9.96. The standard InChI is InChI=1S/C11H22N2S/c1-3-5-6-7-8-10-13-11(14)12-9-4-2/h4H,2-3,5-10H2,1H3,(H2,12,13,14). The highest BCUT2D eigenvalue weighted by Gasteiger charge is 1.92. The van der Waals surface area contributed by atoms with Gasteiger partial charge >= 0.3 is 0 Å². The third-order valence-corrected chi connectivity index (χ3v) is 2.26. The third-order valence-electron chi connectivity index (χ3n) is 1.97. The first-order valence-electron chi connectivity index (χ1n) is 5.43. The van der Waals surface area contributed by atoms with E-state index < -0.39 is 0 Å². The molecule has 2 N–H and O–H groups in total. The van der Waals surface area contributed by atoms with Gasteiger partial charge in [0.25, 0.3) is 0 Å². The van der Waals surface area contributed by atoms with Gasteiger partial charge in [-0.1, -0.05) is 38.7 Å². The van der Waals surface area contributed by atoms with Gasteiger partial charge in [0.15, 0.2) is 5.11 Å². The second-order valence-corrected chi connectivity index (χ2v) is 3.75. The molecule has 0 aromatic carbocycles. The molecule has 0 aliphatic heterocycles. The van der Waals surface area contributed by atoms with Crippen molar-refractivity contribution in [3.63, 3.8) is 0 Å². The highest BCUT2D eigenvalue weighted by atomic mass is 32.1. The molecule has 0 aliphatic rings. The van der Waals surface area contributed by atoms with Gasteiger partial charge in [-0.05, 0) is 18.6 Å². The van der Waals surface area contributed by atoms with Crippen molar-refractivity contribution in [3.05, 3.63) is 12.7 Å². The number of hydrogen-bond acceptors (Lipinski definition) is 1. The van der Waals surface area contributed by atoms with E-state index in [1.54, 1.807) is 6.08 Å². The van der Waals surface area contributed by atoms with Crippen LogP contribution in [0.3, 0.4) is 0 Å². The Morgan fingerprint density at radius 1 is 1.21 bits per heavy atom. The largest absolute Gasteiger partial charge is 0.363 e. The minimum atomic E-state index is 0.736. The molecule has 0 aromatic rings. The number of hydrogen-bond donors (Lipinski definition) is 2. The van der Waals surface area contributed by atoms with Crippen LogP contribution in [0, 0.1) is 0 Å². The number of rotatable bonds is 8. The van der Waals surface area contributed by atoms with Gasteiger partial charge in [0.2, 0.25) is 0 Å². The molecule has 0 spiro atoms. The van der Waals surface area contributed by atoms with Gasteiger partial charge in [0.05, 0.1) is 0 Å². The van der Waals surface area contributed by atoms with E-state index in [9.17, 15) is 0 Å². The predicted molar refractivity (Wildman–Crippen MR) is 67.6 cm³/mol. The minimum Gasteiger partial charge on any atom is -0.363 e. The summed E-state index contributed by atoms with van der Waals surface area (Å²) in [6, 6.07) is 0. The monoisotopic (exact) mass is 214 g/mol. The molecule has 0 rings (SSSR count). The molecule has 2 nitrogen and oxygen atoms in total. The molecular weight excluding hydrogens is 192 g/mol. The van der Waals surface area contributed by atoms with Crippen LogP contribution in [0.5, 0.6) is 0 Å². The third kappa shape index (κ3) is 9.52. The smallest absolute Gasteiger partial charge is 0.166 e. The van der Waals surface area contributed by atoms with E-state index in [0.717, 1.165) is 18.2 Å². The van der Waals surface area contributed by atoms with Crippen molar-refractivity contribution < 1.29 is 0 Å². The number of nitrogens with one attached hydrogen (secondary N) is 2. The van der Waals surface area contributed by atoms with Crippen molar-refractivity contribution in [1.82, 2.24) is 10.6 Å². The SMILES string of the molecule is C=CCNC(=S)NCCCCCCC. The molecule has 0 atom stereocenters. The van der Waals surface area contributed by atoms with Crippen molar-refractivity contribution in [3.8, 4) is 0 Å². The van der Waals surface area contributed by atoms with Gasteiger partial charge in [-0.3, -0.25) is 0 Å². The summed E-state index contributed by atoms with van der Waals surface area (Å²) < 4.78 is 0. The molecule has 0 aromatic heterocycles. The summed E-state index contributed by atoms with van der Waals surface area (Å²) in [7, 11) is 0. The lowest BCUT2D eigenvalue weighted by atomic mass is 10.1. The maximum absolute atomic E-state index is 5.05. The fourth-order valence-electron chi connectivity index (χ4n) is 1.16. The molecule has 0 bridgehead atoms. The van der Waals surface area contributed by atoms with Gasteiger partial charge in [0.1, 0.15) is 0 Å². The Hall–Kier alpha value is -0.570. The summed E-state index contributed by atoms with van der Waals surface area (Å²) in [5.74, 6) is 0. The summed E-state index contributed by atoms with van der Waals surface area (Å²) in [5, 5.41) is 6.94. The van der Waals surface area contributed by atoms with Crippen LogP contribution in [0.2, 0.25) is 0 Å². The molecular formula is C11H22N2S. The second-order valence-electron chi connectivity index (χ2n) is 3.34. The first-order chi connectivity index (χ1) is 6.81. The van der Waals surface area contributed by atoms with E-state index in [2.05, 4.69) is 24.1 Å².